The zero-order chi connectivity index (χ0) is 6.97. The van der Waals surface area contributed by atoms with Crippen LogP contribution in [0.5, 0.6) is 6.01 Å². The molecular weight excluding hydrogens is 128 g/mol. The van der Waals surface area contributed by atoms with E-state index in [-0.39, 0.29) is 0 Å². The molecule has 1 atom stereocenters. The number of rotatable bonds is 1. The highest BCUT2D eigenvalue weighted by atomic mass is 16.5. The van der Waals surface area contributed by atoms with Crippen LogP contribution in [0.3, 0.4) is 0 Å². The second-order valence-corrected chi connectivity index (χ2v) is 2.51. The average molecular weight is 138 g/mol. The minimum Gasteiger partial charge on any atom is -0.459 e. The Morgan fingerprint density at radius 2 is 2.80 bits per heavy atom. The number of fused-ring (bicyclic) bond motifs is 1. The number of hydrogen-bond acceptors (Lipinski definition) is 2. The van der Waals surface area contributed by atoms with E-state index in [1.807, 2.05) is 10.8 Å². The molecule has 1 aliphatic heterocycles. The summed E-state index contributed by atoms with van der Waals surface area (Å²) in [5.41, 5.74) is 0. The van der Waals surface area contributed by atoms with Crippen LogP contribution >= 0.6 is 0 Å². The lowest BCUT2D eigenvalue weighted by Gasteiger charge is -2.02. The molecule has 1 aromatic heterocycles. The van der Waals surface area contributed by atoms with E-state index in [4.69, 9.17) is 4.74 Å². The molecular formula is C7H10N2O. The SMILES string of the molecule is CCC1Cn2ccnc2O1. The van der Waals surface area contributed by atoms with Crippen molar-refractivity contribution in [2.75, 3.05) is 0 Å². The van der Waals surface area contributed by atoms with Gasteiger partial charge in [-0.25, -0.2) is 4.98 Å². The van der Waals surface area contributed by atoms with Crippen LogP contribution in [0.4, 0.5) is 0 Å². The number of imidazole rings is 1. The summed E-state index contributed by atoms with van der Waals surface area (Å²) in [5, 5.41) is 0. The fourth-order valence-corrected chi connectivity index (χ4v) is 1.17. The van der Waals surface area contributed by atoms with E-state index in [0.717, 1.165) is 19.0 Å². The van der Waals surface area contributed by atoms with Gasteiger partial charge in [0.25, 0.3) is 6.01 Å². The van der Waals surface area contributed by atoms with E-state index < -0.39 is 0 Å². The van der Waals surface area contributed by atoms with Gasteiger partial charge >= 0.3 is 0 Å². The van der Waals surface area contributed by atoms with Crippen LogP contribution in [0.15, 0.2) is 12.4 Å². The molecule has 0 aliphatic carbocycles. The molecule has 0 N–H and O–H groups in total. The first-order valence-corrected chi connectivity index (χ1v) is 3.58. The van der Waals surface area contributed by atoms with Crippen LogP contribution in [0.25, 0.3) is 0 Å². The highest BCUT2D eigenvalue weighted by Crippen LogP contribution is 2.19. The van der Waals surface area contributed by atoms with Gasteiger partial charge in [-0.2, -0.15) is 0 Å². The lowest BCUT2D eigenvalue weighted by atomic mass is 10.3. The minimum atomic E-state index is 0.351. The normalized spacial score (nSPS) is 22.3. The van der Waals surface area contributed by atoms with Crippen molar-refractivity contribution in [2.24, 2.45) is 0 Å². The van der Waals surface area contributed by atoms with Crippen molar-refractivity contribution >= 4 is 0 Å². The highest BCUT2D eigenvalue weighted by Gasteiger charge is 2.20. The summed E-state index contributed by atoms with van der Waals surface area (Å²) in [7, 11) is 0. The molecule has 1 aliphatic rings. The molecule has 0 spiro atoms. The molecule has 54 valence electrons. The molecule has 0 fully saturated rings. The molecule has 0 bridgehead atoms. The number of aromatic nitrogens is 2. The van der Waals surface area contributed by atoms with Crippen LogP contribution in [0.2, 0.25) is 0 Å². The van der Waals surface area contributed by atoms with Gasteiger partial charge in [-0.3, -0.25) is 4.57 Å². The highest BCUT2D eigenvalue weighted by molar-refractivity contribution is 5.03. The maximum atomic E-state index is 5.45. The van der Waals surface area contributed by atoms with E-state index in [0.29, 0.717) is 6.10 Å². The van der Waals surface area contributed by atoms with Crippen molar-refractivity contribution in [2.45, 2.75) is 26.0 Å². The van der Waals surface area contributed by atoms with Crippen LogP contribution in [-0.2, 0) is 6.54 Å². The monoisotopic (exact) mass is 138 g/mol. The Balaban J connectivity index is 2.21. The molecule has 0 radical (unpaired) electrons. The van der Waals surface area contributed by atoms with E-state index >= 15 is 0 Å². The van der Waals surface area contributed by atoms with Gasteiger partial charge in [-0.1, -0.05) is 6.92 Å². The van der Waals surface area contributed by atoms with Crippen molar-refractivity contribution in [3.8, 4) is 6.01 Å². The van der Waals surface area contributed by atoms with Crippen molar-refractivity contribution in [1.29, 1.82) is 0 Å². The van der Waals surface area contributed by atoms with Gasteiger partial charge in [-0.05, 0) is 6.42 Å². The van der Waals surface area contributed by atoms with Crippen molar-refractivity contribution in [3.05, 3.63) is 12.4 Å². The van der Waals surface area contributed by atoms with Crippen LogP contribution < -0.4 is 4.74 Å². The Hall–Kier alpha value is -0.990. The molecule has 0 amide bonds. The summed E-state index contributed by atoms with van der Waals surface area (Å²) in [5.74, 6) is 0. The maximum Gasteiger partial charge on any atom is 0.296 e. The second kappa shape index (κ2) is 2.01. The third-order valence-corrected chi connectivity index (χ3v) is 1.81. The molecule has 1 aromatic rings. The van der Waals surface area contributed by atoms with Gasteiger partial charge in [0, 0.05) is 12.4 Å². The van der Waals surface area contributed by atoms with Gasteiger partial charge in [0.1, 0.15) is 6.10 Å². The van der Waals surface area contributed by atoms with Gasteiger partial charge in [-0.15, -0.1) is 0 Å². The van der Waals surface area contributed by atoms with Gasteiger partial charge in [0.2, 0.25) is 0 Å². The van der Waals surface area contributed by atoms with Crippen LogP contribution in [-0.4, -0.2) is 15.7 Å². The second-order valence-electron chi connectivity index (χ2n) is 2.51. The Morgan fingerprint density at radius 1 is 1.90 bits per heavy atom. The summed E-state index contributed by atoms with van der Waals surface area (Å²) in [6.07, 6.45) is 5.12. The molecule has 2 rings (SSSR count). The Morgan fingerprint density at radius 3 is 3.50 bits per heavy atom. The predicted molar refractivity (Wildman–Crippen MR) is 36.9 cm³/mol. The average Bonchev–Trinajstić information content (AvgIpc) is 2.42. The first kappa shape index (κ1) is 5.77. The number of nitrogens with zero attached hydrogens (tertiary/aromatic N) is 2. The van der Waals surface area contributed by atoms with Crippen LogP contribution in [0.1, 0.15) is 13.3 Å². The summed E-state index contributed by atoms with van der Waals surface area (Å²) in [6, 6.07) is 0.770. The third kappa shape index (κ3) is 0.701. The van der Waals surface area contributed by atoms with Gasteiger partial charge in [0.15, 0.2) is 0 Å². The Kier molecular flexibility index (Phi) is 1.16. The lowest BCUT2D eigenvalue weighted by Crippen LogP contribution is -2.12. The zero-order valence-electron chi connectivity index (χ0n) is 5.95. The third-order valence-electron chi connectivity index (χ3n) is 1.81. The van der Waals surface area contributed by atoms with Crippen molar-refractivity contribution in [1.82, 2.24) is 9.55 Å². The molecule has 0 saturated carbocycles. The topological polar surface area (TPSA) is 27.1 Å². The molecule has 3 nitrogen and oxygen atoms in total. The summed E-state index contributed by atoms with van der Waals surface area (Å²) < 4.78 is 7.48. The Bertz CT molecular complexity index is 211. The minimum absolute atomic E-state index is 0.351. The predicted octanol–water partition coefficient (Wildman–Crippen LogP) is 1.05. The zero-order valence-corrected chi connectivity index (χ0v) is 5.95. The van der Waals surface area contributed by atoms with E-state index in [1.54, 1.807) is 6.20 Å². The number of ether oxygens (including phenoxy) is 1. The van der Waals surface area contributed by atoms with E-state index in [1.165, 1.54) is 0 Å². The summed E-state index contributed by atoms with van der Waals surface area (Å²) in [6.45, 7) is 3.09. The van der Waals surface area contributed by atoms with E-state index in [2.05, 4.69) is 11.9 Å². The van der Waals surface area contributed by atoms with Crippen molar-refractivity contribution < 1.29 is 4.74 Å². The first-order valence-electron chi connectivity index (χ1n) is 3.58. The smallest absolute Gasteiger partial charge is 0.296 e. The van der Waals surface area contributed by atoms with Crippen molar-refractivity contribution in [3.63, 3.8) is 0 Å². The molecule has 3 heteroatoms. The first-order chi connectivity index (χ1) is 4.90. The molecule has 0 aromatic carbocycles. The quantitative estimate of drug-likeness (QED) is 0.580. The lowest BCUT2D eigenvalue weighted by molar-refractivity contribution is 0.220. The summed E-state index contributed by atoms with van der Waals surface area (Å²) >= 11 is 0. The molecule has 1 unspecified atom stereocenters. The molecule has 2 heterocycles. The summed E-state index contributed by atoms with van der Waals surface area (Å²) in [4.78, 5) is 4.04. The Labute approximate surface area is 59.6 Å². The fraction of sp³-hybridized carbons (Fsp3) is 0.571. The molecule has 0 saturated heterocycles. The van der Waals surface area contributed by atoms with E-state index in [9.17, 15) is 0 Å². The largest absolute Gasteiger partial charge is 0.459 e. The fourth-order valence-electron chi connectivity index (χ4n) is 1.17. The standard InChI is InChI=1S/C7H10N2O/c1-2-6-5-9-4-3-8-7(9)10-6/h3-4,6H,2,5H2,1H3. The molecule has 10 heavy (non-hydrogen) atoms. The van der Waals surface area contributed by atoms with Crippen LogP contribution in [0, 0.1) is 0 Å². The van der Waals surface area contributed by atoms with Gasteiger partial charge < -0.3 is 4.74 Å². The maximum absolute atomic E-state index is 5.45. The number of hydrogen-bond donors (Lipinski definition) is 0. The van der Waals surface area contributed by atoms with Gasteiger partial charge in [0.05, 0.1) is 6.54 Å².